The predicted octanol–water partition coefficient (Wildman–Crippen LogP) is 6.36. The molecule has 0 saturated carbocycles. The van der Waals surface area contributed by atoms with Crippen LogP contribution in [0, 0.1) is 0 Å². The number of rotatable bonds is 5. The Balaban J connectivity index is 1.78. The first-order chi connectivity index (χ1) is 12.7. The first-order valence-electron chi connectivity index (χ1n) is 8.41. The van der Waals surface area contributed by atoms with Crippen LogP contribution in [-0.2, 0) is 6.54 Å². The fraction of sp³-hybridized carbons (Fsp3) is 0.0870. The van der Waals surface area contributed by atoms with Gasteiger partial charge in [-0.15, -0.1) is 0 Å². The van der Waals surface area contributed by atoms with E-state index in [1.165, 1.54) is 0 Å². The van der Waals surface area contributed by atoms with E-state index in [0.717, 1.165) is 33.0 Å². The van der Waals surface area contributed by atoms with E-state index in [9.17, 15) is 0 Å². The fourth-order valence-corrected chi connectivity index (χ4v) is 2.57. The molecule has 0 N–H and O–H groups in total. The Morgan fingerprint density at radius 2 is 1.62 bits per heavy atom. The summed E-state index contributed by atoms with van der Waals surface area (Å²) in [6.45, 7) is 2.58. The van der Waals surface area contributed by atoms with Crippen molar-refractivity contribution in [3.63, 3.8) is 0 Å². The summed E-state index contributed by atoms with van der Waals surface area (Å²) in [5.74, 6) is 3.15. The maximum absolute atomic E-state index is 5.90. The summed E-state index contributed by atoms with van der Waals surface area (Å²) >= 11 is 5.90. The Kier molecular flexibility index (Phi) is 6.16. The second kappa shape index (κ2) is 8.96. The molecule has 0 bridgehead atoms. The molecule has 0 aliphatic carbocycles. The lowest BCUT2D eigenvalue weighted by Crippen LogP contribution is -1.86. The van der Waals surface area contributed by atoms with Crippen LogP contribution in [0.2, 0.25) is 5.02 Å². The molecule has 0 aromatic heterocycles. The van der Waals surface area contributed by atoms with Gasteiger partial charge in [-0.2, -0.15) is 0 Å². The Morgan fingerprint density at radius 1 is 0.923 bits per heavy atom. The smallest absolute Gasteiger partial charge is 0.0780 e. The minimum absolute atomic E-state index is 0.564. The molecule has 3 heteroatoms. The van der Waals surface area contributed by atoms with Gasteiger partial charge in [0.15, 0.2) is 0 Å². The van der Waals surface area contributed by atoms with E-state index < -0.39 is 0 Å². The highest BCUT2D eigenvalue weighted by Gasteiger charge is 1.99. The average Bonchev–Trinajstić information content (AvgIpc) is 2.69. The van der Waals surface area contributed by atoms with Crippen molar-refractivity contribution >= 4 is 34.9 Å². The molecule has 0 radical (unpaired) electrons. The summed E-state index contributed by atoms with van der Waals surface area (Å²) in [4.78, 5) is 9.07. The van der Waals surface area contributed by atoms with Crippen molar-refractivity contribution in [2.45, 2.75) is 13.5 Å². The molecule has 0 aliphatic rings. The van der Waals surface area contributed by atoms with Crippen molar-refractivity contribution in [3.05, 3.63) is 101 Å². The molecule has 3 rings (SSSR count). The van der Waals surface area contributed by atoms with Gasteiger partial charge in [0, 0.05) is 16.8 Å². The number of benzene rings is 3. The topological polar surface area (TPSA) is 24.7 Å². The van der Waals surface area contributed by atoms with Gasteiger partial charge in [0.1, 0.15) is 0 Å². The third-order valence-electron chi connectivity index (χ3n) is 3.91. The molecule has 2 nitrogen and oxygen atoms in total. The number of nitrogens with zero attached hydrogens (tertiary/aromatic N) is 2. The van der Waals surface area contributed by atoms with E-state index in [0.29, 0.717) is 6.54 Å². The van der Waals surface area contributed by atoms with Crippen molar-refractivity contribution in [2.24, 2.45) is 9.98 Å². The van der Waals surface area contributed by atoms with E-state index in [4.69, 9.17) is 11.6 Å². The van der Waals surface area contributed by atoms with Crippen molar-refractivity contribution < 1.29 is 0 Å². The van der Waals surface area contributed by atoms with Gasteiger partial charge in [0.05, 0.1) is 12.2 Å². The van der Waals surface area contributed by atoms with Crippen LogP contribution in [0.4, 0.5) is 5.69 Å². The molecule has 0 saturated heterocycles. The average molecular weight is 359 g/mol. The minimum Gasteiger partial charge on any atom is -0.288 e. The summed E-state index contributed by atoms with van der Waals surface area (Å²) in [6, 6.07) is 25.8. The van der Waals surface area contributed by atoms with Crippen LogP contribution in [-0.4, -0.2) is 12.1 Å². The molecule has 3 aromatic carbocycles. The maximum atomic E-state index is 5.90. The third kappa shape index (κ3) is 5.03. The van der Waals surface area contributed by atoms with Gasteiger partial charge in [-0.3, -0.25) is 4.99 Å². The summed E-state index contributed by atoms with van der Waals surface area (Å²) in [5, 5.41) is 0.724. The molecule has 3 aromatic rings. The molecule has 0 aliphatic heterocycles. The van der Waals surface area contributed by atoms with Crippen molar-refractivity contribution in [1.29, 1.82) is 0 Å². The lowest BCUT2D eigenvalue weighted by molar-refractivity contribution is 1.07. The van der Waals surface area contributed by atoms with Gasteiger partial charge in [0.2, 0.25) is 0 Å². The van der Waals surface area contributed by atoms with E-state index >= 15 is 0 Å². The van der Waals surface area contributed by atoms with E-state index in [1.54, 1.807) is 0 Å². The first kappa shape index (κ1) is 17.9. The molecule has 0 fully saturated rings. The highest BCUT2D eigenvalue weighted by atomic mass is 35.5. The summed E-state index contributed by atoms with van der Waals surface area (Å²) in [5.41, 5.74) is 5.09. The number of aliphatic imine (C=N–C) groups is 2. The van der Waals surface area contributed by atoms with Gasteiger partial charge < -0.3 is 0 Å². The van der Waals surface area contributed by atoms with Gasteiger partial charge in [-0.1, -0.05) is 72.3 Å². The Labute approximate surface area is 159 Å². The van der Waals surface area contributed by atoms with Gasteiger partial charge in [0.25, 0.3) is 0 Å². The Morgan fingerprint density at radius 3 is 2.38 bits per heavy atom. The van der Waals surface area contributed by atoms with E-state index in [-0.39, 0.29) is 0 Å². The molecule has 0 spiro atoms. The molecule has 0 unspecified atom stereocenters. The van der Waals surface area contributed by atoms with Crippen LogP contribution in [0.15, 0.2) is 88.8 Å². The van der Waals surface area contributed by atoms with Gasteiger partial charge in [-0.05, 0) is 47.7 Å². The predicted molar refractivity (Wildman–Crippen MR) is 112 cm³/mol. The van der Waals surface area contributed by atoms with Crippen LogP contribution in [0.5, 0.6) is 0 Å². The zero-order valence-corrected chi connectivity index (χ0v) is 15.3. The Hall–Kier alpha value is -2.93. The minimum atomic E-state index is 0.564. The quantitative estimate of drug-likeness (QED) is 0.474. The normalized spacial score (nSPS) is 10.5. The van der Waals surface area contributed by atoms with Crippen LogP contribution in [0.25, 0.3) is 5.57 Å². The molecular formula is C23H19ClN2. The highest BCUT2D eigenvalue weighted by Crippen LogP contribution is 2.20. The molecule has 128 valence electrons. The van der Waals surface area contributed by atoms with Crippen molar-refractivity contribution in [1.82, 2.24) is 0 Å². The molecule has 0 atom stereocenters. The first-order valence-corrected chi connectivity index (χ1v) is 8.79. The second-order valence-electron chi connectivity index (χ2n) is 5.86. The summed E-state index contributed by atoms with van der Waals surface area (Å²) in [7, 11) is 0. The third-order valence-corrected chi connectivity index (χ3v) is 4.17. The molecule has 0 amide bonds. The molecule has 0 heterocycles. The SMILES string of the molecule is CC(=C=Nc1ccccc1CN=Cc1ccc(Cl)cc1)c1ccccc1. The molecular weight excluding hydrogens is 340 g/mol. The zero-order chi connectivity index (χ0) is 18.2. The highest BCUT2D eigenvalue weighted by molar-refractivity contribution is 6.30. The lowest BCUT2D eigenvalue weighted by atomic mass is 10.1. The standard InChI is InChI=1S/C23H19ClN2/c1-18(20-7-3-2-4-8-20)15-26-23-10-6-5-9-21(23)17-25-16-19-11-13-22(24)14-12-19/h2-14,16H,17H2,1H3. The number of para-hydroxylation sites is 1. The van der Waals surface area contributed by atoms with Crippen LogP contribution < -0.4 is 0 Å². The number of halogens is 1. The Bertz CT molecular complexity index is 951. The summed E-state index contributed by atoms with van der Waals surface area (Å²) < 4.78 is 0. The van der Waals surface area contributed by atoms with E-state index in [2.05, 4.69) is 28.0 Å². The second-order valence-corrected chi connectivity index (χ2v) is 6.30. The van der Waals surface area contributed by atoms with Gasteiger partial charge >= 0.3 is 0 Å². The maximum Gasteiger partial charge on any atom is 0.0780 e. The molecule has 26 heavy (non-hydrogen) atoms. The number of hydrogen-bond donors (Lipinski definition) is 0. The lowest BCUT2D eigenvalue weighted by Gasteiger charge is -2.01. The van der Waals surface area contributed by atoms with Crippen LogP contribution in [0.1, 0.15) is 23.6 Å². The van der Waals surface area contributed by atoms with Crippen LogP contribution >= 0.6 is 11.6 Å². The number of allylic oxidation sites excluding steroid dienone is 1. The van der Waals surface area contributed by atoms with Gasteiger partial charge in [-0.25, -0.2) is 4.99 Å². The largest absolute Gasteiger partial charge is 0.288 e. The monoisotopic (exact) mass is 358 g/mol. The fourth-order valence-electron chi connectivity index (χ4n) is 2.45. The van der Waals surface area contributed by atoms with E-state index in [1.807, 2.05) is 79.9 Å². The number of hydrogen-bond acceptors (Lipinski definition) is 2. The zero-order valence-electron chi connectivity index (χ0n) is 14.6. The van der Waals surface area contributed by atoms with Crippen molar-refractivity contribution in [2.75, 3.05) is 0 Å². The van der Waals surface area contributed by atoms with Crippen LogP contribution in [0.3, 0.4) is 0 Å². The summed E-state index contributed by atoms with van der Waals surface area (Å²) in [6.07, 6.45) is 1.85. The van der Waals surface area contributed by atoms with Crippen molar-refractivity contribution in [3.8, 4) is 0 Å².